The molecule has 0 aromatic heterocycles. The van der Waals surface area contributed by atoms with E-state index >= 15 is 0 Å². The van der Waals surface area contributed by atoms with Crippen LogP contribution in [-0.2, 0) is 14.6 Å². The molecule has 3 heterocycles. The molecule has 0 aromatic rings. The number of rotatable bonds is 5. The van der Waals surface area contributed by atoms with Crippen molar-refractivity contribution in [1.82, 2.24) is 15.1 Å². The third-order valence-electron chi connectivity index (χ3n) is 4.90. The monoisotopic (exact) mass is 317 g/mol. The first-order chi connectivity index (χ1) is 10.1. The van der Waals surface area contributed by atoms with Gasteiger partial charge in [-0.15, -0.1) is 0 Å². The highest BCUT2D eigenvalue weighted by molar-refractivity contribution is 7.91. The molecular weight excluding hydrogens is 290 g/mol. The smallest absolute Gasteiger partial charge is 0.151 e. The Bertz CT molecular complexity index is 437. The van der Waals surface area contributed by atoms with E-state index in [1.165, 1.54) is 6.42 Å². The summed E-state index contributed by atoms with van der Waals surface area (Å²) < 4.78 is 28.2. The molecular formula is C14H27N3O3S. The Kier molecular flexibility index (Phi) is 5.16. The molecule has 0 amide bonds. The molecule has 3 rings (SSSR count). The molecule has 0 saturated carbocycles. The minimum Gasteiger partial charge on any atom is -0.379 e. The normalized spacial score (nSPS) is 34.5. The second-order valence-corrected chi connectivity index (χ2v) is 8.67. The van der Waals surface area contributed by atoms with E-state index in [2.05, 4.69) is 15.1 Å². The number of morpholine rings is 1. The van der Waals surface area contributed by atoms with E-state index in [1.807, 2.05) is 0 Å². The SMILES string of the molecule is O=S1(=O)CCC(NCCN2CCC(N3CCOCC3)C2)C1. The zero-order valence-corrected chi connectivity index (χ0v) is 13.5. The molecule has 2 unspecified atom stereocenters. The number of nitrogens with one attached hydrogen (secondary N) is 1. The van der Waals surface area contributed by atoms with Gasteiger partial charge in [-0.3, -0.25) is 4.90 Å². The molecule has 21 heavy (non-hydrogen) atoms. The first-order valence-electron chi connectivity index (χ1n) is 8.10. The van der Waals surface area contributed by atoms with Crippen LogP contribution in [0, 0.1) is 0 Å². The number of nitrogens with zero attached hydrogens (tertiary/aromatic N) is 2. The van der Waals surface area contributed by atoms with Crippen molar-refractivity contribution in [2.24, 2.45) is 0 Å². The highest BCUT2D eigenvalue weighted by atomic mass is 32.2. The summed E-state index contributed by atoms with van der Waals surface area (Å²) in [6.07, 6.45) is 2.02. The molecule has 1 N–H and O–H groups in total. The van der Waals surface area contributed by atoms with E-state index in [0.717, 1.165) is 58.9 Å². The fraction of sp³-hybridized carbons (Fsp3) is 1.00. The molecule has 0 spiro atoms. The van der Waals surface area contributed by atoms with Crippen molar-refractivity contribution in [3.63, 3.8) is 0 Å². The van der Waals surface area contributed by atoms with Crippen molar-refractivity contribution in [2.75, 3.05) is 64.0 Å². The average molecular weight is 317 g/mol. The van der Waals surface area contributed by atoms with Gasteiger partial charge in [-0.25, -0.2) is 8.42 Å². The van der Waals surface area contributed by atoms with Crippen molar-refractivity contribution < 1.29 is 13.2 Å². The maximum absolute atomic E-state index is 11.4. The zero-order chi connectivity index (χ0) is 14.7. The van der Waals surface area contributed by atoms with E-state index in [0.29, 0.717) is 17.5 Å². The van der Waals surface area contributed by atoms with Crippen molar-refractivity contribution in [1.29, 1.82) is 0 Å². The number of ether oxygens (including phenoxy) is 1. The lowest BCUT2D eigenvalue weighted by Gasteiger charge is -2.32. The Balaban J connectivity index is 1.33. The van der Waals surface area contributed by atoms with Gasteiger partial charge < -0.3 is 15.0 Å². The van der Waals surface area contributed by atoms with Crippen molar-refractivity contribution >= 4 is 9.84 Å². The van der Waals surface area contributed by atoms with Crippen molar-refractivity contribution in [3.05, 3.63) is 0 Å². The van der Waals surface area contributed by atoms with Crippen LogP contribution in [0.15, 0.2) is 0 Å². The summed E-state index contributed by atoms with van der Waals surface area (Å²) in [6, 6.07) is 0.855. The second-order valence-electron chi connectivity index (χ2n) is 6.45. The third kappa shape index (κ3) is 4.39. The van der Waals surface area contributed by atoms with Crippen molar-refractivity contribution in [3.8, 4) is 0 Å². The number of hydrogen-bond donors (Lipinski definition) is 1. The van der Waals surface area contributed by atoms with Gasteiger partial charge in [-0.05, 0) is 19.4 Å². The predicted octanol–water partition coefficient (Wildman–Crippen LogP) is -0.830. The molecule has 7 heteroatoms. The molecule has 3 aliphatic heterocycles. The van der Waals surface area contributed by atoms with E-state index in [1.54, 1.807) is 0 Å². The highest BCUT2D eigenvalue weighted by Gasteiger charge is 2.29. The van der Waals surface area contributed by atoms with E-state index in [4.69, 9.17) is 4.74 Å². The van der Waals surface area contributed by atoms with Crippen LogP contribution in [0.5, 0.6) is 0 Å². The Morgan fingerprint density at radius 2 is 1.95 bits per heavy atom. The van der Waals surface area contributed by atoms with Crippen LogP contribution in [-0.4, -0.2) is 94.3 Å². The largest absolute Gasteiger partial charge is 0.379 e. The van der Waals surface area contributed by atoms with Gasteiger partial charge in [0.15, 0.2) is 9.84 Å². The summed E-state index contributed by atoms with van der Waals surface area (Å²) in [5.41, 5.74) is 0. The number of likely N-dealkylation sites (tertiary alicyclic amines) is 1. The van der Waals surface area contributed by atoms with Crippen LogP contribution in [0.3, 0.4) is 0 Å². The third-order valence-corrected chi connectivity index (χ3v) is 6.67. The molecule has 3 fully saturated rings. The molecule has 3 saturated heterocycles. The minimum atomic E-state index is -2.76. The molecule has 0 bridgehead atoms. The lowest BCUT2D eigenvalue weighted by Crippen LogP contribution is -2.45. The molecule has 2 atom stereocenters. The Morgan fingerprint density at radius 1 is 1.14 bits per heavy atom. The summed E-state index contributed by atoms with van der Waals surface area (Å²) in [6.45, 7) is 8.10. The van der Waals surface area contributed by atoms with E-state index in [-0.39, 0.29) is 6.04 Å². The van der Waals surface area contributed by atoms with Gasteiger partial charge in [0, 0.05) is 44.8 Å². The van der Waals surface area contributed by atoms with Gasteiger partial charge >= 0.3 is 0 Å². The first kappa shape index (κ1) is 15.7. The summed E-state index contributed by atoms with van der Waals surface area (Å²) >= 11 is 0. The number of hydrogen-bond acceptors (Lipinski definition) is 6. The zero-order valence-electron chi connectivity index (χ0n) is 12.7. The van der Waals surface area contributed by atoms with Gasteiger partial charge in [0.25, 0.3) is 0 Å². The van der Waals surface area contributed by atoms with E-state index < -0.39 is 9.84 Å². The van der Waals surface area contributed by atoms with E-state index in [9.17, 15) is 8.42 Å². The van der Waals surface area contributed by atoms with Crippen LogP contribution < -0.4 is 5.32 Å². The van der Waals surface area contributed by atoms with Gasteiger partial charge in [0.1, 0.15) is 0 Å². The van der Waals surface area contributed by atoms with Crippen LogP contribution in [0.25, 0.3) is 0 Å². The topological polar surface area (TPSA) is 61.9 Å². The lowest BCUT2D eigenvalue weighted by molar-refractivity contribution is 0.0185. The standard InChI is InChI=1S/C14H27N3O3S/c18-21(19)10-2-13(12-21)15-3-5-16-4-1-14(11-16)17-6-8-20-9-7-17/h13-15H,1-12H2. The maximum atomic E-state index is 11.4. The fourth-order valence-corrected chi connectivity index (χ4v) is 5.35. The van der Waals surface area contributed by atoms with Gasteiger partial charge in [0.2, 0.25) is 0 Å². The average Bonchev–Trinajstić information content (AvgIpc) is 3.07. The van der Waals surface area contributed by atoms with Crippen LogP contribution in [0.2, 0.25) is 0 Å². The molecule has 0 aliphatic carbocycles. The van der Waals surface area contributed by atoms with Crippen molar-refractivity contribution in [2.45, 2.75) is 24.9 Å². The molecule has 6 nitrogen and oxygen atoms in total. The number of sulfone groups is 1. The minimum absolute atomic E-state index is 0.174. The lowest BCUT2D eigenvalue weighted by atomic mass is 10.2. The summed E-state index contributed by atoms with van der Waals surface area (Å²) in [7, 11) is -2.76. The molecule has 3 aliphatic rings. The van der Waals surface area contributed by atoms with Gasteiger partial charge in [-0.1, -0.05) is 0 Å². The fourth-order valence-electron chi connectivity index (χ4n) is 3.64. The van der Waals surface area contributed by atoms with Crippen LogP contribution >= 0.6 is 0 Å². The summed E-state index contributed by atoms with van der Waals surface area (Å²) in [5.74, 6) is 0.677. The molecule has 122 valence electrons. The molecule has 0 radical (unpaired) electrons. The van der Waals surface area contributed by atoms with Gasteiger partial charge in [-0.2, -0.15) is 0 Å². The highest BCUT2D eigenvalue weighted by Crippen LogP contribution is 2.16. The summed E-state index contributed by atoms with van der Waals surface area (Å²) in [4.78, 5) is 5.05. The van der Waals surface area contributed by atoms with Crippen LogP contribution in [0.1, 0.15) is 12.8 Å². The predicted molar refractivity (Wildman–Crippen MR) is 82.3 cm³/mol. The Labute approximate surface area is 127 Å². The Morgan fingerprint density at radius 3 is 2.67 bits per heavy atom. The quantitative estimate of drug-likeness (QED) is 0.714. The second kappa shape index (κ2) is 6.91. The summed E-state index contributed by atoms with van der Waals surface area (Å²) in [5, 5.41) is 3.40. The maximum Gasteiger partial charge on any atom is 0.151 e. The van der Waals surface area contributed by atoms with Crippen LogP contribution in [0.4, 0.5) is 0 Å². The first-order valence-corrected chi connectivity index (χ1v) is 9.92. The Hall–Kier alpha value is -0.210. The molecule has 0 aromatic carbocycles. The van der Waals surface area contributed by atoms with Gasteiger partial charge in [0.05, 0.1) is 24.7 Å².